The Morgan fingerprint density at radius 3 is 2.05 bits per heavy atom. The van der Waals surface area contributed by atoms with Crippen molar-refractivity contribution in [3.63, 3.8) is 0 Å². The molecule has 4 aromatic rings. The lowest BCUT2D eigenvalue weighted by Gasteiger charge is -2.23. The van der Waals surface area contributed by atoms with Crippen molar-refractivity contribution in [3.8, 4) is 0 Å². The van der Waals surface area contributed by atoms with Crippen LogP contribution in [-0.4, -0.2) is 32.6 Å². The summed E-state index contributed by atoms with van der Waals surface area (Å²) in [4.78, 5) is 25.4. The first-order valence-electron chi connectivity index (χ1n) is 11.9. The van der Waals surface area contributed by atoms with E-state index in [2.05, 4.69) is 57.3 Å². The van der Waals surface area contributed by atoms with E-state index in [1.165, 1.54) is 12.1 Å². The molecule has 0 bridgehead atoms. The van der Waals surface area contributed by atoms with Gasteiger partial charge in [-0.05, 0) is 57.7 Å². The number of nitrogens with one attached hydrogen (secondary N) is 4. The molecule has 12 heteroatoms. The number of urea groups is 1. The Morgan fingerprint density at radius 1 is 0.846 bits per heavy atom. The van der Waals surface area contributed by atoms with Crippen LogP contribution >= 0.6 is 0 Å². The van der Waals surface area contributed by atoms with Gasteiger partial charge in [0, 0.05) is 11.3 Å². The van der Waals surface area contributed by atoms with Gasteiger partial charge in [0.1, 0.15) is 0 Å². The van der Waals surface area contributed by atoms with Gasteiger partial charge in [-0.2, -0.15) is 18.4 Å². The fourth-order valence-corrected chi connectivity index (χ4v) is 3.82. The van der Waals surface area contributed by atoms with Gasteiger partial charge in [-0.25, -0.2) is 4.79 Å². The number of H-pyrrole nitrogens is 1. The topological polar surface area (TPSA) is 125 Å². The maximum atomic E-state index is 13.1. The van der Waals surface area contributed by atoms with E-state index in [0.29, 0.717) is 11.1 Å². The van der Waals surface area contributed by atoms with Gasteiger partial charge in [-0.1, -0.05) is 68.3 Å². The summed E-state index contributed by atoms with van der Waals surface area (Å²) in [6.45, 7) is 6.25. The molecule has 4 rings (SSSR count). The zero-order valence-electron chi connectivity index (χ0n) is 21.3. The number of hydrogen-bond donors (Lipinski definition) is 4. The summed E-state index contributed by atoms with van der Waals surface area (Å²) < 4.78 is 39.3. The Kier molecular flexibility index (Phi) is 7.65. The lowest BCUT2D eigenvalue weighted by Crippen LogP contribution is -2.33. The van der Waals surface area contributed by atoms with Crippen molar-refractivity contribution in [2.75, 3.05) is 10.6 Å². The molecule has 0 saturated heterocycles. The van der Waals surface area contributed by atoms with Crippen LogP contribution < -0.4 is 16.0 Å². The Morgan fingerprint density at radius 2 is 1.49 bits per heavy atom. The molecule has 0 aliphatic rings. The van der Waals surface area contributed by atoms with Crippen molar-refractivity contribution in [2.24, 2.45) is 0 Å². The van der Waals surface area contributed by atoms with Crippen molar-refractivity contribution in [3.05, 3.63) is 101 Å². The number of anilines is 2. The average Bonchev–Trinajstić information content (AvgIpc) is 3.40. The molecule has 0 fully saturated rings. The van der Waals surface area contributed by atoms with Gasteiger partial charge in [-0.3, -0.25) is 10.1 Å². The number of nitrogens with zero attached hydrogens (tertiary/aromatic N) is 3. The molecule has 1 heterocycles. The highest BCUT2D eigenvalue weighted by Crippen LogP contribution is 2.31. The lowest BCUT2D eigenvalue weighted by molar-refractivity contribution is -0.137. The predicted molar refractivity (Wildman–Crippen MR) is 139 cm³/mol. The molecule has 3 amide bonds. The Bertz CT molecular complexity index is 1430. The highest BCUT2D eigenvalue weighted by Gasteiger charge is 2.30. The van der Waals surface area contributed by atoms with Gasteiger partial charge >= 0.3 is 12.2 Å². The maximum Gasteiger partial charge on any atom is 0.416 e. The van der Waals surface area contributed by atoms with E-state index in [4.69, 9.17) is 0 Å². The zero-order valence-corrected chi connectivity index (χ0v) is 21.3. The summed E-state index contributed by atoms with van der Waals surface area (Å²) in [7, 11) is 0. The standard InChI is InChI=1S/C27H26F3N7O2/c1-26(2,3)19-13-11-17(12-14-19)22(32-25(39)31-21-6-4-5-20(15-21)27(28,29)30)16-7-9-18(10-8-16)23(38)33-24-34-36-37-35-24/h4-15,22H,1-3H3,(H2,31,32,39)(H2,33,34,35,36,37,38). The Balaban J connectivity index is 1.58. The van der Waals surface area contributed by atoms with Gasteiger partial charge in [0.15, 0.2) is 0 Å². The van der Waals surface area contributed by atoms with Crippen LogP contribution in [0.4, 0.5) is 29.6 Å². The molecule has 0 radical (unpaired) electrons. The van der Waals surface area contributed by atoms with E-state index in [1.54, 1.807) is 24.3 Å². The van der Waals surface area contributed by atoms with Gasteiger partial charge in [-0.15, -0.1) is 5.10 Å². The van der Waals surface area contributed by atoms with E-state index in [9.17, 15) is 22.8 Å². The number of tetrazole rings is 1. The molecule has 1 unspecified atom stereocenters. The van der Waals surface area contributed by atoms with Crippen LogP contribution in [0.3, 0.4) is 0 Å². The minimum absolute atomic E-state index is 0.00219. The van der Waals surface area contributed by atoms with Crippen LogP contribution in [0.25, 0.3) is 0 Å². The molecule has 0 spiro atoms. The third-order valence-electron chi connectivity index (χ3n) is 5.91. The smallest absolute Gasteiger partial charge is 0.327 e. The second kappa shape index (κ2) is 10.9. The Labute approximate surface area is 222 Å². The van der Waals surface area contributed by atoms with Gasteiger partial charge < -0.3 is 10.6 Å². The van der Waals surface area contributed by atoms with Crippen molar-refractivity contribution in [2.45, 2.75) is 38.4 Å². The molecule has 0 saturated carbocycles. The SMILES string of the molecule is CC(C)(C)c1ccc(C(NC(=O)Nc2cccc(C(F)(F)F)c2)c2ccc(C(=O)Nc3nn[nH]n3)cc2)cc1. The molecule has 9 nitrogen and oxygen atoms in total. The first kappa shape index (κ1) is 27.3. The molecular formula is C27H26F3N7O2. The number of hydrogen-bond acceptors (Lipinski definition) is 5. The molecule has 0 aliphatic heterocycles. The van der Waals surface area contributed by atoms with Crippen molar-refractivity contribution in [1.29, 1.82) is 0 Å². The van der Waals surface area contributed by atoms with Crippen molar-refractivity contribution < 1.29 is 22.8 Å². The molecule has 1 aromatic heterocycles. The van der Waals surface area contributed by atoms with Crippen LogP contribution in [0.5, 0.6) is 0 Å². The molecule has 1 atom stereocenters. The van der Waals surface area contributed by atoms with Crippen molar-refractivity contribution >= 4 is 23.6 Å². The summed E-state index contributed by atoms with van der Waals surface area (Å²) >= 11 is 0. The van der Waals surface area contributed by atoms with Crippen LogP contribution in [0, 0.1) is 0 Å². The molecule has 0 aliphatic carbocycles. The van der Waals surface area contributed by atoms with Gasteiger partial charge in [0.2, 0.25) is 0 Å². The van der Waals surface area contributed by atoms with Crippen LogP contribution in [0.2, 0.25) is 0 Å². The summed E-state index contributed by atoms with van der Waals surface area (Å²) in [5.41, 5.74) is 1.84. The average molecular weight is 538 g/mol. The third-order valence-corrected chi connectivity index (χ3v) is 5.91. The Hall–Kier alpha value is -4.74. The molecule has 39 heavy (non-hydrogen) atoms. The predicted octanol–water partition coefficient (Wildman–Crippen LogP) is 5.68. The number of benzene rings is 3. The molecule has 4 N–H and O–H groups in total. The number of carbonyl (C=O) groups excluding carboxylic acids is 2. The normalized spacial score (nSPS) is 12.5. The highest BCUT2D eigenvalue weighted by atomic mass is 19.4. The highest BCUT2D eigenvalue weighted by molar-refractivity contribution is 6.03. The fraction of sp³-hybridized carbons (Fsp3) is 0.222. The first-order chi connectivity index (χ1) is 18.4. The largest absolute Gasteiger partial charge is 0.416 e. The maximum absolute atomic E-state index is 13.1. The lowest BCUT2D eigenvalue weighted by atomic mass is 9.85. The van der Waals surface area contributed by atoms with E-state index >= 15 is 0 Å². The van der Waals surface area contributed by atoms with E-state index in [-0.39, 0.29) is 17.1 Å². The summed E-state index contributed by atoms with van der Waals surface area (Å²) in [6.07, 6.45) is -4.54. The van der Waals surface area contributed by atoms with Gasteiger partial charge in [0.05, 0.1) is 11.6 Å². The van der Waals surface area contributed by atoms with E-state index < -0.39 is 29.7 Å². The number of halogens is 3. The second-order valence-corrected chi connectivity index (χ2v) is 9.79. The van der Waals surface area contributed by atoms with E-state index in [0.717, 1.165) is 23.3 Å². The minimum Gasteiger partial charge on any atom is -0.327 e. The second-order valence-electron chi connectivity index (χ2n) is 9.79. The van der Waals surface area contributed by atoms with Gasteiger partial charge in [0.25, 0.3) is 11.9 Å². The van der Waals surface area contributed by atoms with Crippen LogP contribution in [0.15, 0.2) is 72.8 Å². The third kappa shape index (κ3) is 6.98. The number of amides is 3. The quantitative estimate of drug-likeness (QED) is 0.252. The monoisotopic (exact) mass is 537 g/mol. The minimum atomic E-state index is -4.54. The molecule has 3 aromatic carbocycles. The molecular weight excluding hydrogens is 511 g/mol. The summed E-state index contributed by atoms with van der Waals surface area (Å²) in [5.74, 6) is -0.432. The van der Waals surface area contributed by atoms with Crippen molar-refractivity contribution in [1.82, 2.24) is 25.9 Å². The number of alkyl halides is 3. The fourth-order valence-electron chi connectivity index (χ4n) is 3.82. The number of rotatable bonds is 6. The molecule has 202 valence electrons. The van der Waals surface area contributed by atoms with Crippen LogP contribution in [-0.2, 0) is 11.6 Å². The van der Waals surface area contributed by atoms with E-state index in [1.807, 2.05) is 24.3 Å². The summed E-state index contributed by atoms with van der Waals surface area (Å²) in [5, 5.41) is 20.8. The number of aromatic nitrogens is 4. The zero-order chi connectivity index (χ0) is 28.2. The number of carbonyl (C=O) groups is 2. The summed E-state index contributed by atoms with van der Waals surface area (Å²) in [6, 6.07) is 17.2. The van der Waals surface area contributed by atoms with Crippen LogP contribution in [0.1, 0.15) is 59.4 Å². The first-order valence-corrected chi connectivity index (χ1v) is 11.9. The number of aromatic amines is 1.